The molecule has 1 heterocycles. The van der Waals surface area contributed by atoms with Crippen molar-refractivity contribution in [3.05, 3.63) is 35.8 Å². The lowest BCUT2D eigenvalue weighted by Crippen LogP contribution is -2.52. The van der Waals surface area contributed by atoms with Crippen LogP contribution in [0.5, 0.6) is 0 Å². The molecule has 1 saturated carbocycles. The molecule has 1 aliphatic rings. The van der Waals surface area contributed by atoms with Crippen LogP contribution in [0, 0.1) is 17.1 Å². The minimum absolute atomic E-state index is 0.170. The van der Waals surface area contributed by atoms with Gasteiger partial charge in [-0.2, -0.15) is 5.26 Å². The second kappa shape index (κ2) is 4.64. The summed E-state index contributed by atoms with van der Waals surface area (Å²) in [5.74, 6) is -0.482. The number of nitrogens with one attached hydrogen (secondary N) is 2. The van der Waals surface area contributed by atoms with Crippen molar-refractivity contribution in [2.75, 3.05) is 0 Å². The summed E-state index contributed by atoms with van der Waals surface area (Å²) in [6.45, 7) is 0. The highest BCUT2D eigenvalue weighted by Gasteiger charge is 2.38. The summed E-state index contributed by atoms with van der Waals surface area (Å²) in [6.07, 6.45) is 4.31. The van der Waals surface area contributed by atoms with E-state index in [0.29, 0.717) is 18.4 Å². The fourth-order valence-corrected chi connectivity index (χ4v) is 2.58. The Morgan fingerprint density at radius 1 is 1.50 bits per heavy atom. The average molecular weight is 271 g/mol. The van der Waals surface area contributed by atoms with Gasteiger partial charge in [0, 0.05) is 17.1 Å². The number of hydrogen-bond acceptors (Lipinski definition) is 2. The lowest BCUT2D eigenvalue weighted by molar-refractivity contribution is -0.122. The number of halogens is 1. The minimum Gasteiger partial charge on any atom is -0.361 e. The highest BCUT2D eigenvalue weighted by Crippen LogP contribution is 2.31. The molecular formula is C15H14FN3O. The van der Waals surface area contributed by atoms with Gasteiger partial charge in [-0.3, -0.25) is 4.79 Å². The first kappa shape index (κ1) is 12.7. The third-order valence-electron chi connectivity index (χ3n) is 3.88. The normalized spacial score (nSPS) is 16.4. The lowest BCUT2D eigenvalue weighted by Gasteiger charge is -2.35. The van der Waals surface area contributed by atoms with E-state index in [0.717, 1.165) is 17.4 Å². The van der Waals surface area contributed by atoms with Crippen LogP contribution in [0.1, 0.15) is 24.8 Å². The molecular weight excluding hydrogens is 257 g/mol. The number of aromatic nitrogens is 1. The number of benzene rings is 1. The van der Waals surface area contributed by atoms with Crippen LogP contribution in [0.2, 0.25) is 0 Å². The van der Waals surface area contributed by atoms with Crippen molar-refractivity contribution in [3.63, 3.8) is 0 Å². The quantitative estimate of drug-likeness (QED) is 0.900. The Morgan fingerprint density at radius 3 is 2.95 bits per heavy atom. The molecule has 1 aromatic heterocycles. The maximum absolute atomic E-state index is 13.1. The smallest absolute Gasteiger partial charge is 0.225 e. The maximum atomic E-state index is 13.1. The molecule has 1 amide bonds. The number of fused-ring (bicyclic) bond motifs is 1. The van der Waals surface area contributed by atoms with Gasteiger partial charge in [-0.1, -0.05) is 0 Å². The van der Waals surface area contributed by atoms with Crippen LogP contribution in [0.4, 0.5) is 4.39 Å². The van der Waals surface area contributed by atoms with Gasteiger partial charge < -0.3 is 10.3 Å². The van der Waals surface area contributed by atoms with Crippen LogP contribution in [-0.4, -0.2) is 16.4 Å². The standard InChI is InChI=1S/C15H14FN3O/c16-11-2-3-12-10(8-18-13(12)7-11)6-14(20)19-15(9-17)4-1-5-15/h2-3,7-8,18H,1,4-6H2,(H,19,20). The number of carbonyl (C=O) groups is 1. The van der Waals surface area contributed by atoms with Gasteiger partial charge in [0.05, 0.1) is 12.5 Å². The van der Waals surface area contributed by atoms with E-state index >= 15 is 0 Å². The Labute approximate surface area is 115 Å². The molecule has 20 heavy (non-hydrogen) atoms. The van der Waals surface area contributed by atoms with E-state index in [1.165, 1.54) is 12.1 Å². The average Bonchev–Trinajstić information content (AvgIpc) is 2.76. The summed E-state index contributed by atoms with van der Waals surface area (Å²) in [6, 6.07) is 6.62. The summed E-state index contributed by atoms with van der Waals surface area (Å²) >= 11 is 0. The molecule has 0 saturated heterocycles. The molecule has 1 aliphatic carbocycles. The van der Waals surface area contributed by atoms with Gasteiger partial charge in [0.15, 0.2) is 0 Å². The number of nitrogens with zero attached hydrogens (tertiary/aromatic N) is 1. The summed E-state index contributed by atoms with van der Waals surface area (Å²) < 4.78 is 13.1. The number of H-pyrrole nitrogens is 1. The predicted molar refractivity (Wildman–Crippen MR) is 72.3 cm³/mol. The number of aromatic amines is 1. The number of rotatable bonds is 3. The molecule has 5 heteroatoms. The molecule has 102 valence electrons. The molecule has 3 rings (SSSR count). The maximum Gasteiger partial charge on any atom is 0.225 e. The van der Waals surface area contributed by atoms with Crippen molar-refractivity contribution in [2.24, 2.45) is 0 Å². The molecule has 1 aromatic carbocycles. The summed E-state index contributed by atoms with van der Waals surface area (Å²) in [5, 5.41) is 12.7. The van der Waals surface area contributed by atoms with E-state index < -0.39 is 5.54 Å². The second-order valence-electron chi connectivity index (χ2n) is 5.28. The van der Waals surface area contributed by atoms with Crippen molar-refractivity contribution >= 4 is 16.8 Å². The Kier molecular flexibility index (Phi) is 2.94. The van der Waals surface area contributed by atoms with Crippen molar-refractivity contribution in [3.8, 4) is 6.07 Å². The van der Waals surface area contributed by atoms with Crippen molar-refractivity contribution in [1.29, 1.82) is 5.26 Å². The molecule has 0 atom stereocenters. The largest absolute Gasteiger partial charge is 0.361 e. The van der Waals surface area contributed by atoms with Gasteiger partial charge in [-0.05, 0) is 43.0 Å². The zero-order valence-electron chi connectivity index (χ0n) is 10.9. The highest BCUT2D eigenvalue weighted by atomic mass is 19.1. The van der Waals surface area contributed by atoms with Crippen LogP contribution in [0.3, 0.4) is 0 Å². The van der Waals surface area contributed by atoms with E-state index in [2.05, 4.69) is 16.4 Å². The molecule has 0 aliphatic heterocycles. The van der Waals surface area contributed by atoms with E-state index in [4.69, 9.17) is 5.26 Å². The van der Waals surface area contributed by atoms with Gasteiger partial charge in [0.25, 0.3) is 0 Å². The van der Waals surface area contributed by atoms with Crippen LogP contribution in [-0.2, 0) is 11.2 Å². The highest BCUT2D eigenvalue weighted by molar-refractivity contribution is 5.89. The van der Waals surface area contributed by atoms with Gasteiger partial charge in [-0.15, -0.1) is 0 Å². The molecule has 1 fully saturated rings. The van der Waals surface area contributed by atoms with Crippen LogP contribution in [0.25, 0.3) is 10.9 Å². The lowest BCUT2D eigenvalue weighted by atomic mass is 9.78. The third-order valence-corrected chi connectivity index (χ3v) is 3.88. The molecule has 4 nitrogen and oxygen atoms in total. The van der Waals surface area contributed by atoms with E-state index in [-0.39, 0.29) is 18.1 Å². The van der Waals surface area contributed by atoms with Crippen molar-refractivity contribution in [1.82, 2.24) is 10.3 Å². The van der Waals surface area contributed by atoms with Crippen LogP contribution >= 0.6 is 0 Å². The Bertz CT molecular complexity index is 709. The number of nitriles is 1. The topological polar surface area (TPSA) is 68.7 Å². The number of carbonyl (C=O) groups excluding carboxylic acids is 1. The van der Waals surface area contributed by atoms with Crippen molar-refractivity contribution < 1.29 is 9.18 Å². The SMILES string of the molecule is N#CC1(NC(=O)Cc2c[nH]c3cc(F)ccc23)CCC1. The summed E-state index contributed by atoms with van der Waals surface area (Å²) in [5.41, 5.74) is 0.811. The zero-order chi connectivity index (χ0) is 14.2. The van der Waals surface area contributed by atoms with Crippen LogP contribution in [0.15, 0.2) is 24.4 Å². The molecule has 0 radical (unpaired) electrons. The number of hydrogen-bond donors (Lipinski definition) is 2. The third kappa shape index (κ3) is 2.14. The Morgan fingerprint density at radius 2 is 2.30 bits per heavy atom. The molecule has 2 N–H and O–H groups in total. The van der Waals surface area contributed by atoms with Gasteiger partial charge in [0.1, 0.15) is 11.4 Å². The molecule has 0 unspecified atom stereocenters. The Hall–Kier alpha value is -2.35. The molecule has 0 spiro atoms. The first-order chi connectivity index (χ1) is 9.62. The number of amides is 1. The Balaban J connectivity index is 1.76. The molecule has 0 bridgehead atoms. The van der Waals surface area contributed by atoms with E-state index in [9.17, 15) is 9.18 Å². The predicted octanol–water partition coefficient (Wildman–Crippen LogP) is 2.41. The first-order valence-corrected chi connectivity index (χ1v) is 6.60. The second-order valence-corrected chi connectivity index (χ2v) is 5.28. The fraction of sp³-hybridized carbons (Fsp3) is 0.333. The van der Waals surface area contributed by atoms with Crippen LogP contribution < -0.4 is 5.32 Å². The molecule has 2 aromatic rings. The van der Waals surface area contributed by atoms with Crippen molar-refractivity contribution in [2.45, 2.75) is 31.2 Å². The van der Waals surface area contributed by atoms with E-state index in [1.54, 1.807) is 12.3 Å². The van der Waals surface area contributed by atoms with E-state index in [1.807, 2.05) is 0 Å². The zero-order valence-corrected chi connectivity index (χ0v) is 10.9. The first-order valence-electron chi connectivity index (χ1n) is 6.60. The summed E-state index contributed by atoms with van der Waals surface area (Å²) in [7, 11) is 0. The van der Waals surface area contributed by atoms with Gasteiger partial charge >= 0.3 is 0 Å². The van der Waals surface area contributed by atoms with Gasteiger partial charge in [-0.25, -0.2) is 4.39 Å². The fourth-order valence-electron chi connectivity index (χ4n) is 2.58. The van der Waals surface area contributed by atoms with Gasteiger partial charge in [0.2, 0.25) is 5.91 Å². The minimum atomic E-state index is -0.671. The summed E-state index contributed by atoms with van der Waals surface area (Å²) in [4.78, 5) is 15.0. The monoisotopic (exact) mass is 271 g/mol.